The van der Waals surface area contributed by atoms with E-state index in [9.17, 15) is 13.6 Å². The van der Waals surface area contributed by atoms with Gasteiger partial charge in [-0.2, -0.15) is 0 Å². The number of hydrogen-bond acceptors (Lipinski definition) is 3. The van der Waals surface area contributed by atoms with Crippen LogP contribution >= 0.6 is 0 Å². The lowest BCUT2D eigenvalue weighted by Gasteiger charge is -2.24. The van der Waals surface area contributed by atoms with Crippen molar-refractivity contribution in [2.24, 2.45) is 0 Å². The van der Waals surface area contributed by atoms with Gasteiger partial charge in [0.2, 0.25) is 0 Å². The summed E-state index contributed by atoms with van der Waals surface area (Å²) in [7, 11) is 0. The van der Waals surface area contributed by atoms with Gasteiger partial charge < -0.3 is 15.0 Å². The molecule has 2 atom stereocenters. The molecule has 0 unspecified atom stereocenters. The second-order valence-electron chi connectivity index (χ2n) is 6.97. The molecule has 1 saturated heterocycles. The molecule has 0 aliphatic carbocycles. The molecule has 1 aliphatic heterocycles. The summed E-state index contributed by atoms with van der Waals surface area (Å²) < 4.78 is 33.6. The molecule has 0 bridgehead atoms. The zero-order valence-corrected chi connectivity index (χ0v) is 14.0. The van der Waals surface area contributed by atoms with E-state index in [4.69, 9.17) is 4.74 Å². The summed E-state index contributed by atoms with van der Waals surface area (Å²) in [6.07, 6.45) is -0.700. The molecule has 1 fully saturated rings. The van der Waals surface area contributed by atoms with E-state index in [0.29, 0.717) is 0 Å². The van der Waals surface area contributed by atoms with Crippen LogP contribution in [0.3, 0.4) is 0 Å². The summed E-state index contributed by atoms with van der Waals surface area (Å²) in [6, 6.07) is 8.06. The minimum atomic E-state index is -2.99. The van der Waals surface area contributed by atoms with Crippen molar-refractivity contribution in [1.82, 2.24) is 10.2 Å². The molecule has 128 valence electrons. The van der Waals surface area contributed by atoms with Crippen LogP contribution in [0.15, 0.2) is 30.3 Å². The van der Waals surface area contributed by atoms with Gasteiger partial charge in [0.05, 0.1) is 12.6 Å². The minimum absolute atomic E-state index is 0.0704. The van der Waals surface area contributed by atoms with Crippen molar-refractivity contribution in [2.45, 2.75) is 51.3 Å². The Morgan fingerprint density at radius 2 is 1.96 bits per heavy atom. The molecule has 1 aliphatic rings. The van der Waals surface area contributed by atoms with Crippen LogP contribution in [-0.2, 0) is 4.74 Å². The van der Waals surface area contributed by atoms with Gasteiger partial charge in [-0.3, -0.25) is 0 Å². The van der Waals surface area contributed by atoms with Gasteiger partial charge in [0, 0.05) is 12.6 Å². The van der Waals surface area contributed by atoms with Gasteiger partial charge in [0.15, 0.2) is 0 Å². The van der Waals surface area contributed by atoms with E-state index in [0.717, 1.165) is 10.5 Å². The number of rotatable bonds is 3. The molecule has 0 saturated carbocycles. The fourth-order valence-electron chi connectivity index (χ4n) is 2.56. The van der Waals surface area contributed by atoms with Crippen LogP contribution in [0.4, 0.5) is 13.6 Å². The SMILES string of the molecule is C[C@@H](N[C@@H]1CN(C(=O)OC(C)(C)C)CC1(F)F)c1ccccc1. The van der Waals surface area contributed by atoms with E-state index in [-0.39, 0.29) is 12.6 Å². The molecule has 1 aromatic carbocycles. The number of nitrogens with zero attached hydrogens (tertiary/aromatic N) is 1. The fourth-order valence-corrected chi connectivity index (χ4v) is 2.56. The maximum atomic E-state index is 14.2. The van der Waals surface area contributed by atoms with Gasteiger partial charge in [-0.15, -0.1) is 0 Å². The largest absolute Gasteiger partial charge is 0.444 e. The number of amides is 1. The first-order chi connectivity index (χ1) is 10.6. The predicted molar refractivity (Wildman–Crippen MR) is 84.5 cm³/mol. The van der Waals surface area contributed by atoms with Crippen LogP contribution < -0.4 is 5.32 Å². The van der Waals surface area contributed by atoms with E-state index in [1.165, 1.54) is 0 Å². The van der Waals surface area contributed by atoms with E-state index < -0.39 is 30.2 Å². The van der Waals surface area contributed by atoms with Gasteiger partial charge >= 0.3 is 6.09 Å². The number of carbonyl (C=O) groups is 1. The molecule has 0 spiro atoms. The quantitative estimate of drug-likeness (QED) is 0.923. The Labute approximate surface area is 135 Å². The third-order valence-electron chi connectivity index (χ3n) is 3.72. The highest BCUT2D eigenvalue weighted by Gasteiger charge is 2.50. The summed E-state index contributed by atoms with van der Waals surface area (Å²) in [5.74, 6) is -2.99. The van der Waals surface area contributed by atoms with Gasteiger partial charge in [0.1, 0.15) is 5.60 Å². The summed E-state index contributed by atoms with van der Waals surface area (Å²) in [6.45, 7) is 6.28. The number of ether oxygens (including phenoxy) is 1. The van der Waals surface area contributed by atoms with Crippen molar-refractivity contribution in [3.8, 4) is 0 Å². The smallest absolute Gasteiger partial charge is 0.410 e. The summed E-state index contributed by atoms with van der Waals surface area (Å²) in [5, 5.41) is 2.93. The zero-order chi connectivity index (χ0) is 17.3. The molecule has 4 nitrogen and oxygen atoms in total. The van der Waals surface area contributed by atoms with E-state index >= 15 is 0 Å². The number of carbonyl (C=O) groups excluding carboxylic acids is 1. The number of halogens is 2. The molecule has 2 rings (SSSR count). The normalized spacial score (nSPS) is 22.0. The van der Waals surface area contributed by atoms with Crippen molar-refractivity contribution in [3.05, 3.63) is 35.9 Å². The summed E-state index contributed by atoms with van der Waals surface area (Å²) in [4.78, 5) is 13.1. The van der Waals surface area contributed by atoms with Gasteiger partial charge in [-0.25, -0.2) is 13.6 Å². The maximum Gasteiger partial charge on any atom is 0.410 e. The molecule has 23 heavy (non-hydrogen) atoms. The average molecular weight is 326 g/mol. The van der Waals surface area contributed by atoms with Crippen LogP contribution in [0.5, 0.6) is 0 Å². The van der Waals surface area contributed by atoms with Gasteiger partial charge in [-0.05, 0) is 33.3 Å². The highest BCUT2D eigenvalue weighted by molar-refractivity contribution is 5.68. The van der Waals surface area contributed by atoms with Gasteiger partial charge in [0.25, 0.3) is 5.92 Å². The molecular weight excluding hydrogens is 302 g/mol. The third-order valence-corrected chi connectivity index (χ3v) is 3.72. The van der Waals surface area contributed by atoms with Crippen LogP contribution in [0.1, 0.15) is 39.3 Å². The Balaban J connectivity index is 2.01. The number of hydrogen-bond donors (Lipinski definition) is 1. The third kappa shape index (κ3) is 4.64. The van der Waals surface area contributed by atoms with Crippen LogP contribution in [0.25, 0.3) is 0 Å². The highest BCUT2D eigenvalue weighted by Crippen LogP contribution is 2.30. The van der Waals surface area contributed by atoms with E-state index in [2.05, 4.69) is 5.32 Å². The van der Waals surface area contributed by atoms with Crippen LogP contribution in [-0.4, -0.2) is 41.6 Å². The van der Waals surface area contributed by atoms with Crippen LogP contribution in [0, 0.1) is 0 Å². The van der Waals surface area contributed by atoms with Crippen molar-refractivity contribution in [3.63, 3.8) is 0 Å². The first kappa shape index (κ1) is 17.7. The maximum absolute atomic E-state index is 14.2. The second-order valence-corrected chi connectivity index (χ2v) is 6.97. The molecule has 0 aromatic heterocycles. The average Bonchev–Trinajstić information content (AvgIpc) is 2.73. The van der Waals surface area contributed by atoms with E-state index in [1.54, 1.807) is 20.8 Å². The Morgan fingerprint density at radius 1 is 1.35 bits per heavy atom. The van der Waals surface area contributed by atoms with E-state index in [1.807, 2.05) is 37.3 Å². The van der Waals surface area contributed by atoms with Crippen molar-refractivity contribution >= 4 is 6.09 Å². The van der Waals surface area contributed by atoms with Gasteiger partial charge in [-0.1, -0.05) is 30.3 Å². The Hall–Kier alpha value is -1.69. The summed E-state index contributed by atoms with van der Waals surface area (Å²) in [5.41, 5.74) is 0.230. The number of benzene rings is 1. The predicted octanol–water partition coefficient (Wildman–Crippen LogP) is 3.59. The summed E-state index contributed by atoms with van der Waals surface area (Å²) >= 11 is 0. The topological polar surface area (TPSA) is 41.6 Å². The number of likely N-dealkylation sites (tertiary alicyclic amines) is 1. The van der Waals surface area contributed by atoms with Crippen molar-refractivity contribution in [1.29, 1.82) is 0 Å². The zero-order valence-electron chi connectivity index (χ0n) is 14.0. The molecular formula is C17H24F2N2O2. The standard InChI is InChI=1S/C17H24F2N2O2/c1-12(13-8-6-5-7-9-13)20-14-10-21(11-17(14,18)19)15(22)23-16(2,3)4/h5-9,12,14,20H,10-11H2,1-4H3/t12-,14-/m1/s1. The Bertz CT molecular complexity index is 543. The lowest BCUT2D eigenvalue weighted by Crippen LogP contribution is -2.44. The highest BCUT2D eigenvalue weighted by atomic mass is 19.3. The monoisotopic (exact) mass is 326 g/mol. The molecule has 0 radical (unpaired) electrons. The number of alkyl halides is 2. The fraction of sp³-hybridized carbons (Fsp3) is 0.588. The Morgan fingerprint density at radius 3 is 2.52 bits per heavy atom. The van der Waals surface area contributed by atoms with Crippen molar-refractivity contribution < 1.29 is 18.3 Å². The molecule has 1 amide bonds. The lowest BCUT2D eigenvalue weighted by atomic mass is 10.1. The molecule has 1 aromatic rings. The molecule has 1 N–H and O–H groups in total. The second kappa shape index (κ2) is 6.43. The number of nitrogens with one attached hydrogen (secondary N) is 1. The lowest BCUT2D eigenvalue weighted by molar-refractivity contribution is -0.0182. The first-order valence-electron chi connectivity index (χ1n) is 7.75. The molecule has 1 heterocycles. The Kier molecular flexibility index (Phi) is 4.94. The first-order valence-corrected chi connectivity index (χ1v) is 7.75. The minimum Gasteiger partial charge on any atom is -0.444 e. The van der Waals surface area contributed by atoms with Crippen LogP contribution in [0.2, 0.25) is 0 Å². The molecule has 6 heteroatoms. The van der Waals surface area contributed by atoms with Crippen molar-refractivity contribution in [2.75, 3.05) is 13.1 Å².